The summed E-state index contributed by atoms with van der Waals surface area (Å²) < 4.78 is 3.23. The lowest BCUT2D eigenvalue weighted by atomic mass is 10.1. The Hall–Kier alpha value is -1.16. The van der Waals surface area contributed by atoms with E-state index in [0.29, 0.717) is 5.92 Å². The van der Waals surface area contributed by atoms with Crippen LogP contribution in [-0.4, -0.2) is 14.8 Å². The second-order valence-corrected chi connectivity index (χ2v) is 5.52. The van der Waals surface area contributed by atoms with Crippen LogP contribution in [0.25, 0.3) is 0 Å². The second-order valence-electron chi connectivity index (χ2n) is 4.60. The lowest BCUT2D eigenvalue weighted by Gasteiger charge is -2.09. The molecule has 2 rings (SSSR count). The summed E-state index contributed by atoms with van der Waals surface area (Å²) in [6.07, 6.45) is 2.64. The number of rotatable bonds is 4. The van der Waals surface area contributed by atoms with Gasteiger partial charge in [0.2, 0.25) is 0 Å². The standard InChI is InChI=1S/C13H16BrN3/c1-10(2)8-17-9-15-16-13(17)7-11-4-3-5-12(14)6-11/h3-6,9-10H,7-8H2,1-2H3. The predicted octanol–water partition coefficient (Wildman–Crippen LogP) is 3.29. The molecule has 0 saturated heterocycles. The van der Waals surface area contributed by atoms with E-state index in [0.717, 1.165) is 23.3 Å². The average Bonchev–Trinajstić information content (AvgIpc) is 2.65. The maximum Gasteiger partial charge on any atom is 0.137 e. The highest BCUT2D eigenvalue weighted by molar-refractivity contribution is 9.10. The van der Waals surface area contributed by atoms with Crippen molar-refractivity contribution in [2.45, 2.75) is 26.8 Å². The third-order valence-electron chi connectivity index (χ3n) is 2.51. The van der Waals surface area contributed by atoms with Crippen LogP contribution < -0.4 is 0 Å². The molecule has 1 heterocycles. The van der Waals surface area contributed by atoms with Crippen LogP contribution in [0.4, 0.5) is 0 Å². The molecule has 1 aromatic heterocycles. The van der Waals surface area contributed by atoms with Gasteiger partial charge in [0.05, 0.1) is 0 Å². The van der Waals surface area contributed by atoms with E-state index in [4.69, 9.17) is 0 Å². The Kier molecular flexibility index (Phi) is 3.94. The quantitative estimate of drug-likeness (QED) is 0.866. The lowest BCUT2D eigenvalue weighted by Crippen LogP contribution is -2.08. The molecule has 0 bridgehead atoms. The van der Waals surface area contributed by atoms with E-state index < -0.39 is 0 Å². The first-order chi connectivity index (χ1) is 8.15. The molecular weight excluding hydrogens is 278 g/mol. The van der Waals surface area contributed by atoms with Crippen LogP contribution in [0.15, 0.2) is 35.1 Å². The Morgan fingerprint density at radius 1 is 1.35 bits per heavy atom. The summed E-state index contributed by atoms with van der Waals surface area (Å²) in [4.78, 5) is 0. The number of hydrogen-bond acceptors (Lipinski definition) is 2. The molecule has 0 unspecified atom stereocenters. The van der Waals surface area contributed by atoms with E-state index in [1.165, 1.54) is 5.56 Å². The minimum atomic E-state index is 0.604. The van der Waals surface area contributed by atoms with Crippen molar-refractivity contribution in [3.63, 3.8) is 0 Å². The molecule has 17 heavy (non-hydrogen) atoms. The van der Waals surface area contributed by atoms with Crippen molar-refractivity contribution in [1.82, 2.24) is 14.8 Å². The zero-order chi connectivity index (χ0) is 12.3. The van der Waals surface area contributed by atoms with Gasteiger partial charge in [0.25, 0.3) is 0 Å². The first kappa shape index (κ1) is 12.3. The first-order valence-electron chi connectivity index (χ1n) is 5.76. The zero-order valence-electron chi connectivity index (χ0n) is 10.1. The molecule has 0 radical (unpaired) electrons. The van der Waals surface area contributed by atoms with Gasteiger partial charge in [-0.3, -0.25) is 0 Å². The number of aromatic nitrogens is 3. The predicted molar refractivity (Wildman–Crippen MR) is 71.8 cm³/mol. The number of nitrogens with zero attached hydrogens (tertiary/aromatic N) is 3. The third-order valence-corrected chi connectivity index (χ3v) is 3.00. The van der Waals surface area contributed by atoms with Gasteiger partial charge in [0.1, 0.15) is 12.2 Å². The average molecular weight is 294 g/mol. The maximum absolute atomic E-state index is 4.19. The van der Waals surface area contributed by atoms with E-state index in [9.17, 15) is 0 Å². The molecular formula is C13H16BrN3. The fourth-order valence-corrected chi connectivity index (χ4v) is 2.24. The summed E-state index contributed by atoms with van der Waals surface area (Å²) in [5.74, 6) is 1.63. The van der Waals surface area contributed by atoms with Crippen LogP contribution in [0, 0.1) is 5.92 Å². The maximum atomic E-state index is 4.19. The van der Waals surface area contributed by atoms with Gasteiger partial charge in [-0.2, -0.15) is 0 Å². The summed E-state index contributed by atoms with van der Waals surface area (Å²) in [6, 6.07) is 8.30. The molecule has 0 aliphatic rings. The number of halogens is 1. The molecule has 1 aromatic carbocycles. The van der Waals surface area contributed by atoms with Crippen molar-refractivity contribution >= 4 is 15.9 Å². The number of benzene rings is 1. The van der Waals surface area contributed by atoms with Gasteiger partial charge in [-0.05, 0) is 23.6 Å². The Morgan fingerprint density at radius 3 is 2.88 bits per heavy atom. The third kappa shape index (κ3) is 3.40. The Balaban J connectivity index is 2.16. The van der Waals surface area contributed by atoms with Crippen molar-refractivity contribution in [1.29, 1.82) is 0 Å². The highest BCUT2D eigenvalue weighted by atomic mass is 79.9. The van der Waals surface area contributed by atoms with E-state index >= 15 is 0 Å². The Labute approximate surface area is 110 Å². The normalized spacial score (nSPS) is 11.1. The summed E-state index contributed by atoms with van der Waals surface area (Å²) in [7, 11) is 0. The molecule has 0 atom stereocenters. The minimum absolute atomic E-state index is 0.604. The van der Waals surface area contributed by atoms with Crippen molar-refractivity contribution < 1.29 is 0 Å². The fraction of sp³-hybridized carbons (Fsp3) is 0.385. The summed E-state index contributed by atoms with van der Waals surface area (Å²) in [5.41, 5.74) is 1.25. The molecule has 0 spiro atoms. The second kappa shape index (κ2) is 5.45. The van der Waals surface area contributed by atoms with Crippen molar-refractivity contribution in [3.05, 3.63) is 46.5 Å². The highest BCUT2D eigenvalue weighted by Gasteiger charge is 2.07. The molecule has 90 valence electrons. The van der Waals surface area contributed by atoms with Gasteiger partial charge in [-0.15, -0.1) is 10.2 Å². The minimum Gasteiger partial charge on any atom is -0.317 e. The van der Waals surface area contributed by atoms with E-state index in [-0.39, 0.29) is 0 Å². The molecule has 0 fully saturated rings. The van der Waals surface area contributed by atoms with Gasteiger partial charge in [0, 0.05) is 17.4 Å². The van der Waals surface area contributed by atoms with Crippen LogP contribution in [0.3, 0.4) is 0 Å². The smallest absolute Gasteiger partial charge is 0.137 e. The van der Waals surface area contributed by atoms with Crippen LogP contribution in [0.2, 0.25) is 0 Å². The Morgan fingerprint density at radius 2 is 2.18 bits per heavy atom. The van der Waals surface area contributed by atoms with Crippen molar-refractivity contribution in [3.8, 4) is 0 Å². The lowest BCUT2D eigenvalue weighted by molar-refractivity contribution is 0.509. The summed E-state index contributed by atoms with van der Waals surface area (Å²) in [5, 5.41) is 8.19. The van der Waals surface area contributed by atoms with Crippen molar-refractivity contribution in [2.24, 2.45) is 5.92 Å². The molecule has 0 saturated carbocycles. The van der Waals surface area contributed by atoms with E-state index in [1.54, 1.807) is 0 Å². The monoisotopic (exact) mass is 293 g/mol. The van der Waals surface area contributed by atoms with Gasteiger partial charge < -0.3 is 4.57 Å². The topological polar surface area (TPSA) is 30.7 Å². The molecule has 3 nitrogen and oxygen atoms in total. The van der Waals surface area contributed by atoms with Gasteiger partial charge in [-0.1, -0.05) is 41.9 Å². The molecule has 0 aliphatic carbocycles. The van der Waals surface area contributed by atoms with Crippen LogP contribution >= 0.6 is 15.9 Å². The zero-order valence-corrected chi connectivity index (χ0v) is 11.7. The van der Waals surface area contributed by atoms with E-state index in [1.807, 2.05) is 18.5 Å². The fourth-order valence-electron chi connectivity index (χ4n) is 1.79. The van der Waals surface area contributed by atoms with Gasteiger partial charge >= 0.3 is 0 Å². The molecule has 4 heteroatoms. The van der Waals surface area contributed by atoms with Crippen LogP contribution in [0.5, 0.6) is 0 Å². The van der Waals surface area contributed by atoms with Crippen LogP contribution in [0.1, 0.15) is 25.2 Å². The largest absolute Gasteiger partial charge is 0.317 e. The highest BCUT2D eigenvalue weighted by Crippen LogP contribution is 2.14. The molecule has 0 aliphatic heterocycles. The molecule has 2 aromatic rings. The number of hydrogen-bond donors (Lipinski definition) is 0. The van der Waals surface area contributed by atoms with Gasteiger partial charge in [-0.25, -0.2) is 0 Å². The first-order valence-corrected chi connectivity index (χ1v) is 6.55. The van der Waals surface area contributed by atoms with Crippen LogP contribution in [-0.2, 0) is 13.0 Å². The summed E-state index contributed by atoms with van der Waals surface area (Å²) in [6.45, 7) is 5.36. The van der Waals surface area contributed by atoms with E-state index in [2.05, 4.69) is 56.7 Å². The molecule has 0 N–H and O–H groups in total. The summed E-state index contributed by atoms with van der Waals surface area (Å²) >= 11 is 3.48. The SMILES string of the molecule is CC(C)Cn1cnnc1Cc1cccc(Br)c1. The molecule has 0 amide bonds. The van der Waals surface area contributed by atoms with Gasteiger partial charge in [0.15, 0.2) is 0 Å². The van der Waals surface area contributed by atoms with Crippen molar-refractivity contribution in [2.75, 3.05) is 0 Å². The Bertz CT molecular complexity index is 491.